The monoisotopic (exact) mass is 542 g/mol. The number of likely N-dealkylation sites (tertiary alicyclic amines) is 1. The second-order valence-electron chi connectivity index (χ2n) is 10.6. The lowest BCUT2D eigenvalue weighted by atomic mass is 10.0. The number of carboxylic acids is 1. The predicted molar refractivity (Wildman–Crippen MR) is 155 cm³/mol. The molecule has 2 atom stereocenters. The van der Waals surface area contributed by atoms with Crippen molar-refractivity contribution in [1.29, 1.82) is 0 Å². The van der Waals surface area contributed by atoms with Crippen molar-refractivity contribution in [2.75, 3.05) is 43.9 Å². The largest absolute Gasteiger partial charge is 0.477 e. The van der Waals surface area contributed by atoms with Crippen molar-refractivity contribution < 1.29 is 9.90 Å². The zero-order valence-electron chi connectivity index (χ0n) is 21.5. The van der Waals surface area contributed by atoms with Gasteiger partial charge >= 0.3 is 5.97 Å². The number of nitrogens with zero attached hydrogens (tertiary/aromatic N) is 4. The fourth-order valence-electron chi connectivity index (χ4n) is 6.58. The molecule has 2 fully saturated rings. The van der Waals surface area contributed by atoms with Crippen molar-refractivity contribution in [3.8, 4) is 11.1 Å². The fraction of sp³-hybridized carbons (Fsp3) is 0.276. The number of aromatic carboxylic acids is 1. The van der Waals surface area contributed by atoms with Gasteiger partial charge in [0.05, 0.1) is 22.3 Å². The highest BCUT2D eigenvalue weighted by Crippen LogP contribution is 2.46. The second kappa shape index (κ2) is 8.72. The van der Waals surface area contributed by atoms with Crippen LogP contribution in [0.4, 0.5) is 11.4 Å². The molecule has 0 amide bonds. The third kappa shape index (κ3) is 3.60. The first-order valence-corrected chi connectivity index (χ1v) is 13.4. The number of aromatic amines is 1. The number of carboxylic acid groups (broad SMARTS) is 1. The molecule has 0 bridgehead atoms. The van der Waals surface area contributed by atoms with Gasteiger partial charge in [-0.05, 0) is 49.7 Å². The number of aromatic nitrogens is 3. The Morgan fingerprint density at radius 3 is 2.82 bits per heavy atom. The molecule has 6 heterocycles. The molecule has 2 aliphatic rings. The fourth-order valence-corrected chi connectivity index (χ4v) is 6.80. The third-order valence-electron chi connectivity index (χ3n) is 8.35. The topological polar surface area (TPSA) is 106 Å². The molecule has 7 rings (SSSR count). The van der Waals surface area contributed by atoms with Gasteiger partial charge in [-0.15, -0.1) is 0 Å². The minimum absolute atomic E-state index is 0.263. The minimum atomic E-state index is -1.24. The van der Waals surface area contributed by atoms with E-state index in [1.165, 1.54) is 10.5 Å². The molecule has 198 valence electrons. The summed E-state index contributed by atoms with van der Waals surface area (Å²) in [5.74, 6) is -0.668. The van der Waals surface area contributed by atoms with Crippen LogP contribution >= 0.6 is 11.6 Å². The smallest absolute Gasteiger partial charge is 0.341 e. The van der Waals surface area contributed by atoms with Crippen LogP contribution in [0.5, 0.6) is 0 Å². The molecule has 0 aliphatic carbocycles. The summed E-state index contributed by atoms with van der Waals surface area (Å²) in [6, 6.07) is 11.0. The summed E-state index contributed by atoms with van der Waals surface area (Å²) in [7, 11) is 4.04. The first-order valence-electron chi connectivity index (χ1n) is 13.0. The predicted octanol–water partition coefficient (Wildman–Crippen LogP) is 4.53. The molecule has 2 unspecified atom stereocenters. The molecule has 2 saturated heterocycles. The average molecular weight is 543 g/mol. The van der Waals surface area contributed by atoms with Crippen molar-refractivity contribution in [3.05, 3.63) is 69.7 Å². The lowest BCUT2D eigenvalue weighted by molar-refractivity contribution is 0.0694. The standard InChI is InChI=1S/C29H27ClN6O3/c1-31-22-10-17(30)9-20-24-26(35-8-7-16-12-34(2)14-23(16)35)21(11-32-27(24)33-25(20)22)15-3-4-18-5-6-19(29(38)39)28(37)36(18)13-15/h3-6,9-11,13,16,23,31H,7-8,12,14H2,1-2H3,(H,32,33)(H,38,39). The van der Waals surface area contributed by atoms with E-state index in [0.717, 1.165) is 70.5 Å². The van der Waals surface area contributed by atoms with E-state index in [-0.39, 0.29) is 5.56 Å². The van der Waals surface area contributed by atoms with Crippen LogP contribution in [0.3, 0.4) is 0 Å². The summed E-state index contributed by atoms with van der Waals surface area (Å²) in [6.45, 7) is 2.95. The number of H-pyrrole nitrogens is 1. The molecule has 9 nitrogen and oxygen atoms in total. The number of anilines is 2. The van der Waals surface area contributed by atoms with Gasteiger partial charge in [0, 0.05) is 72.2 Å². The molecule has 5 aromatic rings. The van der Waals surface area contributed by atoms with E-state index in [1.807, 2.05) is 37.5 Å². The van der Waals surface area contributed by atoms with Gasteiger partial charge in [-0.2, -0.15) is 0 Å². The van der Waals surface area contributed by atoms with Gasteiger partial charge < -0.3 is 25.2 Å². The number of pyridine rings is 3. The maximum atomic E-state index is 13.1. The van der Waals surface area contributed by atoms with Crippen molar-refractivity contribution in [2.45, 2.75) is 12.5 Å². The molecule has 39 heavy (non-hydrogen) atoms. The number of hydrogen-bond donors (Lipinski definition) is 3. The van der Waals surface area contributed by atoms with Crippen LogP contribution in [0.25, 0.3) is 38.6 Å². The third-order valence-corrected chi connectivity index (χ3v) is 8.56. The molecule has 2 aliphatic heterocycles. The van der Waals surface area contributed by atoms with E-state index in [0.29, 0.717) is 22.5 Å². The summed E-state index contributed by atoms with van der Waals surface area (Å²) >= 11 is 6.58. The van der Waals surface area contributed by atoms with Gasteiger partial charge in [0.25, 0.3) is 5.56 Å². The van der Waals surface area contributed by atoms with Crippen LogP contribution in [-0.4, -0.2) is 70.1 Å². The number of hydrogen-bond acceptors (Lipinski definition) is 6. The Morgan fingerprint density at radius 2 is 2.03 bits per heavy atom. The van der Waals surface area contributed by atoms with Crippen molar-refractivity contribution in [2.24, 2.45) is 5.92 Å². The highest BCUT2D eigenvalue weighted by atomic mass is 35.5. The number of likely N-dealkylation sites (N-methyl/N-ethyl adjacent to an activating group) is 1. The summed E-state index contributed by atoms with van der Waals surface area (Å²) in [5, 5.41) is 15.4. The molecule has 10 heteroatoms. The SMILES string of the molecule is CNc1cc(Cl)cc2c1[nH]c1ncc(-c3ccc4ccc(C(=O)O)c(=O)n4c3)c(N3CCC4CN(C)CC43)c12. The van der Waals surface area contributed by atoms with Crippen LogP contribution in [0.2, 0.25) is 5.02 Å². The van der Waals surface area contributed by atoms with E-state index in [1.54, 1.807) is 12.3 Å². The Kier molecular flexibility index (Phi) is 5.37. The van der Waals surface area contributed by atoms with E-state index in [9.17, 15) is 14.7 Å². The molecular formula is C29H27ClN6O3. The second-order valence-corrected chi connectivity index (χ2v) is 11.0. The molecule has 0 saturated carbocycles. The Bertz CT molecular complexity index is 1880. The molecule has 0 spiro atoms. The Labute approximate surface area is 228 Å². The summed E-state index contributed by atoms with van der Waals surface area (Å²) in [5.41, 5.74) is 5.12. The van der Waals surface area contributed by atoms with Crippen molar-refractivity contribution >= 4 is 56.4 Å². The van der Waals surface area contributed by atoms with E-state index < -0.39 is 11.5 Å². The minimum Gasteiger partial charge on any atom is -0.477 e. The molecule has 3 N–H and O–H groups in total. The molecular weight excluding hydrogens is 516 g/mol. The van der Waals surface area contributed by atoms with Crippen LogP contribution in [0, 0.1) is 5.92 Å². The van der Waals surface area contributed by atoms with Gasteiger partial charge in [0.1, 0.15) is 11.2 Å². The van der Waals surface area contributed by atoms with E-state index in [2.05, 4.69) is 27.1 Å². The highest BCUT2D eigenvalue weighted by molar-refractivity contribution is 6.33. The number of fused-ring (bicyclic) bond motifs is 5. The number of benzene rings is 1. The van der Waals surface area contributed by atoms with Crippen molar-refractivity contribution in [3.63, 3.8) is 0 Å². The van der Waals surface area contributed by atoms with Gasteiger partial charge in [-0.25, -0.2) is 9.78 Å². The van der Waals surface area contributed by atoms with Crippen LogP contribution in [0.15, 0.2) is 53.6 Å². The molecule has 1 aromatic carbocycles. The number of halogens is 1. The quantitative estimate of drug-likeness (QED) is 0.306. The number of rotatable bonds is 4. The number of nitrogens with one attached hydrogen (secondary N) is 2. The number of carbonyl (C=O) groups is 1. The zero-order valence-corrected chi connectivity index (χ0v) is 22.3. The maximum absolute atomic E-state index is 13.1. The van der Waals surface area contributed by atoms with Gasteiger partial charge in [-0.3, -0.25) is 9.20 Å². The summed E-state index contributed by atoms with van der Waals surface area (Å²) < 4.78 is 1.41. The Balaban J connectivity index is 1.54. The van der Waals surface area contributed by atoms with Crippen LogP contribution < -0.4 is 15.8 Å². The van der Waals surface area contributed by atoms with Crippen LogP contribution in [0.1, 0.15) is 16.8 Å². The van der Waals surface area contributed by atoms with Gasteiger partial charge in [0.15, 0.2) is 0 Å². The Morgan fingerprint density at radius 1 is 1.21 bits per heavy atom. The highest BCUT2D eigenvalue weighted by Gasteiger charge is 2.41. The lowest BCUT2D eigenvalue weighted by Crippen LogP contribution is -2.35. The first-order chi connectivity index (χ1) is 18.8. The normalized spacial score (nSPS) is 19.4. The van der Waals surface area contributed by atoms with E-state index >= 15 is 0 Å². The summed E-state index contributed by atoms with van der Waals surface area (Å²) in [4.78, 5) is 37.9. The zero-order chi connectivity index (χ0) is 27.0. The van der Waals surface area contributed by atoms with Crippen molar-refractivity contribution in [1.82, 2.24) is 19.3 Å². The van der Waals surface area contributed by atoms with Crippen LogP contribution in [-0.2, 0) is 0 Å². The Hall–Kier alpha value is -4.08. The molecule has 0 radical (unpaired) electrons. The first kappa shape index (κ1) is 24.0. The maximum Gasteiger partial charge on any atom is 0.341 e. The molecule has 4 aromatic heterocycles. The lowest BCUT2D eigenvalue weighted by Gasteiger charge is -2.29. The summed E-state index contributed by atoms with van der Waals surface area (Å²) in [6.07, 6.45) is 4.68. The average Bonchev–Trinajstić information content (AvgIpc) is 3.59. The van der Waals surface area contributed by atoms with Gasteiger partial charge in [-0.1, -0.05) is 17.7 Å². The van der Waals surface area contributed by atoms with E-state index in [4.69, 9.17) is 16.6 Å². The van der Waals surface area contributed by atoms with Gasteiger partial charge in [0.2, 0.25) is 0 Å².